The summed E-state index contributed by atoms with van der Waals surface area (Å²) in [6.45, 7) is 3.85. The molecule has 0 amide bonds. The minimum Gasteiger partial charge on any atom is -0.381 e. The number of hydrogen-bond acceptors (Lipinski definition) is 1. The highest BCUT2D eigenvalue weighted by molar-refractivity contribution is 5.29. The summed E-state index contributed by atoms with van der Waals surface area (Å²) in [5.41, 5.74) is 3.07. The van der Waals surface area contributed by atoms with E-state index in [-0.39, 0.29) is 0 Å². The second-order valence-corrected chi connectivity index (χ2v) is 4.04. The maximum absolute atomic E-state index is 5.49. The van der Waals surface area contributed by atoms with E-state index in [4.69, 9.17) is 4.74 Å². The van der Waals surface area contributed by atoms with Gasteiger partial charge in [0.15, 0.2) is 0 Å². The Balaban J connectivity index is 1.99. The van der Waals surface area contributed by atoms with E-state index in [1.54, 1.807) is 5.56 Å². The van der Waals surface area contributed by atoms with Gasteiger partial charge in [0, 0.05) is 13.2 Å². The second-order valence-electron chi connectivity index (χ2n) is 4.04. The summed E-state index contributed by atoms with van der Waals surface area (Å²) in [6, 6.07) is 8.79. The smallest absolute Gasteiger partial charge is 0.0497 e. The first kappa shape index (κ1) is 9.72. The van der Waals surface area contributed by atoms with Crippen molar-refractivity contribution >= 4 is 0 Å². The molecule has 0 saturated carbocycles. The molecule has 1 aromatic rings. The number of aryl methyl sites for hydroxylation is 1. The predicted molar refractivity (Wildman–Crippen MR) is 58.5 cm³/mol. The minimum absolute atomic E-state index is 0.741. The molecule has 0 saturated heterocycles. The molecule has 1 nitrogen and oxygen atoms in total. The van der Waals surface area contributed by atoms with E-state index in [2.05, 4.69) is 31.2 Å². The normalized spacial score (nSPS) is 20.5. The summed E-state index contributed by atoms with van der Waals surface area (Å²) in [7, 11) is 0. The Morgan fingerprint density at radius 1 is 1.29 bits per heavy atom. The Morgan fingerprint density at radius 3 is 2.86 bits per heavy atom. The van der Waals surface area contributed by atoms with Crippen LogP contribution in [0.4, 0.5) is 0 Å². The van der Waals surface area contributed by atoms with Crippen LogP contribution < -0.4 is 0 Å². The topological polar surface area (TPSA) is 9.23 Å². The van der Waals surface area contributed by atoms with Crippen LogP contribution in [0.2, 0.25) is 0 Å². The molecule has 14 heavy (non-hydrogen) atoms. The first-order valence-electron chi connectivity index (χ1n) is 5.54. The molecule has 0 aliphatic heterocycles. The van der Waals surface area contributed by atoms with Gasteiger partial charge in [0.05, 0.1) is 0 Å². The highest BCUT2D eigenvalue weighted by atomic mass is 16.5. The molecular weight excluding hydrogens is 172 g/mol. The second kappa shape index (κ2) is 4.61. The zero-order chi connectivity index (χ0) is 9.80. The summed E-state index contributed by atoms with van der Waals surface area (Å²) in [5.74, 6) is 0.741. The number of ether oxygens (including phenoxy) is 1. The lowest BCUT2D eigenvalue weighted by molar-refractivity contribution is 0.105. The van der Waals surface area contributed by atoms with Crippen LogP contribution >= 0.6 is 0 Å². The number of rotatable bonds is 3. The highest BCUT2D eigenvalue weighted by Gasteiger charge is 2.17. The van der Waals surface area contributed by atoms with Crippen LogP contribution in [0, 0.1) is 5.92 Å². The third kappa shape index (κ3) is 2.16. The standard InChI is InChI=1S/C13H18O/c1-2-14-10-11-7-8-12-5-3-4-6-13(12)9-11/h3-6,11H,2,7-10H2,1H3. The first-order valence-corrected chi connectivity index (χ1v) is 5.54. The third-order valence-corrected chi connectivity index (χ3v) is 3.01. The van der Waals surface area contributed by atoms with Crippen molar-refractivity contribution in [2.75, 3.05) is 13.2 Å². The Labute approximate surface area is 86.1 Å². The summed E-state index contributed by atoms with van der Waals surface area (Å²) in [4.78, 5) is 0. The maximum atomic E-state index is 5.49. The Kier molecular flexibility index (Phi) is 3.20. The van der Waals surface area contributed by atoms with Crippen molar-refractivity contribution in [2.24, 2.45) is 5.92 Å². The lowest BCUT2D eigenvalue weighted by atomic mass is 9.84. The van der Waals surface area contributed by atoms with Crippen LogP contribution in [0.25, 0.3) is 0 Å². The molecular formula is C13H18O. The molecule has 2 rings (SSSR count). The van der Waals surface area contributed by atoms with E-state index in [1.165, 1.54) is 24.8 Å². The van der Waals surface area contributed by atoms with Crippen molar-refractivity contribution in [2.45, 2.75) is 26.2 Å². The van der Waals surface area contributed by atoms with Gasteiger partial charge in [-0.25, -0.2) is 0 Å². The average Bonchev–Trinajstić information content (AvgIpc) is 2.26. The highest BCUT2D eigenvalue weighted by Crippen LogP contribution is 2.25. The summed E-state index contributed by atoms with van der Waals surface area (Å²) < 4.78 is 5.49. The molecule has 1 aliphatic rings. The largest absolute Gasteiger partial charge is 0.381 e. The predicted octanol–water partition coefficient (Wildman–Crippen LogP) is 2.83. The molecule has 1 aromatic carbocycles. The van der Waals surface area contributed by atoms with Crippen molar-refractivity contribution in [3.63, 3.8) is 0 Å². The SMILES string of the molecule is CCOCC1CCc2ccccc2C1. The van der Waals surface area contributed by atoms with Gasteiger partial charge >= 0.3 is 0 Å². The maximum Gasteiger partial charge on any atom is 0.0497 e. The van der Waals surface area contributed by atoms with Gasteiger partial charge in [0.2, 0.25) is 0 Å². The number of fused-ring (bicyclic) bond motifs is 1. The third-order valence-electron chi connectivity index (χ3n) is 3.01. The average molecular weight is 190 g/mol. The van der Waals surface area contributed by atoms with Crippen LogP contribution in [0.1, 0.15) is 24.5 Å². The molecule has 1 heteroatoms. The number of hydrogen-bond donors (Lipinski definition) is 0. The molecule has 0 aromatic heterocycles. The molecule has 0 N–H and O–H groups in total. The van der Waals surface area contributed by atoms with Crippen LogP contribution in [0.15, 0.2) is 24.3 Å². The van der Waals surface area contributed by atoms with Gasteiger partial charge in [-0.1, -0.05) is 24.3 Å². The summed E-state index contributed by atoms with van der Waals surface area (Å²) in [5, 5.41) is 0. The molecule has 1 aliphatic carbocycles. The van der Waals surface area contributed by atoms with E-state index in [0.29, 0.717) is 0 Å². The van der Waals surface area contributed by atoms with Gasteiger partial charge < -0.3 is 4.74 Å². The van der Waals surface area contributed by atoms with Gasteiger partial charge in [-0.2, -0.15) is 0 Å². The van der Waals surface area contributed by atoms with Gasteiger partial charge in [-0.3, -0.25) is 0 Å². The van der Waals surface area contributed by atoms with Gasteiger partial charge in [0.25, 0.3) is 0 Å². The monoisotopic (exact) mass is 190 g/mol. The molecule has 0 bridgehead atoms. The molecule has 1 atom stereocenters. The Bertz CT molecular complexity index is 293. The van der Waals surface area contributed by atoms with Crippen molar-refractivity contribution < 1.29 is 4.74 Å². The van der Waals surface area contributed by atoms with E-state index in [1.807, 2.05) is 0 Å². The quantitative estimate of drug-likeness (QED) is 0.712. The fourth-order valence-corrected chi connectivity index (χ4v) is 2.20. The number of benzene rings is 1. The van der Waals surface area contributed by atoms with E-state index < -0.39 is 0 Å². The van der Waals surface area contributed by atoms with E-state index in [0.717, 1.165) is 19.1 Å². The van der Waals surface area contributed by atoms with Crippen molar-refractivity contribution in [3.8, 4) is 0 Å². The fourth-order valence-electron chi connectivity index (χ4n) is 2.20. The zero-order valence-electron chi connectivity index (χ0n) is 8.83. The van der Waals surface area contributed by atoms with Crippen LogP contribution in [-0.4, -0.2) is 13.2 Å². The van der Waals surface area contributed by atoms with E-state index in [9.17, 15) is 0 Å². The first-order chi connectivity index (χ1) is 6.90. The summed E-state index contributed by atoms with van der Waals surface area (Å²) >= 11 is 0. The van der Waals surface area contributed by atoms with Crippen LogP contribution in [0.5, 0.6) is 0 Å². The molecule has 0 fully saturated rings. The van der Waals surface area contributed by atoms with Gasteiger partial charge in [-0.15, -0.1) is 0 Å². The Morgan fingerprint density at radius 2 is 2.07 bits per heavy atom. The van der Waals surface area contributed by atoms with Gasteiger partial charge in [0.1, 0.15) is 0 Å². The van der Waals surface area contributed by atoms with Gasteiger partial charge in [-0.05, 0) is 43.2 Å². The Hall–Kier alpha value is -0.820. The van der Waals surface area contributed by atoms with Crippen molar-refractivity contribution in [1.82, 2.24) is 0 Å². The zero-order valence-corrected chi connectivity index (χ0v) is 8.83. The molecule has 76 valence electrons. The minimum atomic E-state index is 0.741. The van der Waals surface area contributed by atoms with E-state index >= 15 is 0 Å². The molecule has 0 radical (unpaired) electrons. The van der Waals surface area contributed by atoms with Crippen LogP contribution in [-0.2, 0) is 17.6 Å². The fraction of sp³-hybridized carbons (Fsp3) is 0.538. The summed E-state index contributed by atoms with van der Waals surface area (Å²) in [6.07, 6.45) is 3.72. The lowest BCUT2D eigenvalue weighted by Gasteiger charge is -2.24. The van der Waals surface area contributed by atoms with Crippen molar-refractivity contribution in [3.05, 3.63) is 35.4 Å². The molecule has 0 spiro atoms. The van der Waals surface area contributed by atoms with Crippen LogP contribution in [0.3, 0.4) is 0 Å². The lowest BCUT2D eigenvalue weighted by Crippen LogP contribution is -2.19. The van der Waals surface area contributed by atoms with Crippen molar-refractivity contribution in [1.29, 1.82) is 0 Å². The molecule has 0 heterocycles. The molecule has 1 unspecified atom stereocenters.